The second-order valence-corrected chi connectivity index (χ2v) is 6.32. The van der Waals surface area contributed by atoms with Gasteiger partial charge in [-0.15, -0.1) is 0 Å². The first-order chi connectivity index (χ1) is 11.9. The van der Waals surface area contributed by atoms with Crippen LogP contribution in [-0.2, 0) is 0 Å². The minimum Gasteiger partial charge on any atom is -0.457 e. The summed E-state index contributed by atoms with van der Waals surface area (Å²) in [6, 6.07) is 9.92. The molecule has 1 fully saturated rings. The van der Waals surface area contributed by atoms with E-state index < -0.39 is 0 Å². The van der Waals surface area contributed by atoms with Gasteiger partial charge in [0.2, 0.25) is 0 Å². The van der Waals surface area contributed by atoms with Gasteiger partial charge in [0.1, 0.15) is 17.0 Å². The predicted octanol–water partition coefficient (Wildman–Crippen LogP) is 5.01. The third kappa shape index (κ3) is 3.50. The average Bonchev–Trinajstić information content (AvgIpc) is 3.04. The monoisotopic (exact) mass is 323 g/mol. The summed E-state index contributed by atoms with van der Waals surface area (Å²) in [6.07, 6.45) is 10.1. The largest absolute Gasteiger partial charge is 0.457 e. The van der Waals surface area contributed by atoms with Gasteiger partial charge in [-0.05, 0) is 43.0 Å². The third-order valence-electron chi connectivity index (χ3n) is 4.51. The standard InChI is InChI=1S/C19H21N3O2/c1-2-4-14(5-3-1)13-21-19-22-17-7-6-16(12-18(17)24-19)23-15-8-10-20-11-9-15/h6-12,14H,1-5,13H2,(H,21,22). The number of aromatic nitrogens is 2. The lowest BCUT2D eigenvalue weighted by Crippen LogP contribution is -2.17. The third-order valence-corrected chi connectivity index (χ3v) is 4.51. The number of nitrogens with one attached hydrogen (secondary N) is 1. The normalized spacial score (nSPS) is 15.5. The second-order valence-electron chi connectivity index (χ2n) is 6.32. The van der Waals surface area contributed by atoms with E-state index in [4.69, 9.17) is 9.15 Å². The van der Waals surface area contributed by atoms with Crippen molar-refractivity contribution in [3.63, 3.8) is 0 Å². The fraction of sp³-hybridized carbons (Fsp3) is 0.368. The van der Waals surface area contributed by atoms with Crippen molar-refractivity contribution in [1.29, 1.82) is 0 Å². The van der Waals surface area contributed by atoms with Crippen LogP contribution in [0.15, 0.2) is 47.1 Å². The van der Waals surface area contributed by atoms with E-state index in [1.165, 1.54) is 32.1 Å². The number of pyridine rings is 1. The molecule has 1 aromatic carbocycles. The van der Waals surface area contributed by atoms with Crippen molar-refractivity contribution in [2.24, 2.45) is 5.92 Å². The maximum Gasteiger partial charge on any atom is 0.295 e. The molecule has 124 valence electrons. The zero-order valence-corrected chi connectivity index (χ0v) is 13.6. The molecule has 5 nitrogen and oxygen atoms in total. The molecule has 2 aromatic heterocycles. The van der Waals surface area contributed by atoms with Gasteiger partial charge in [-0.2, -0.15) is 4.98 Å². The van der Waals surface area contributed by atoms with Crippen molar-refractivity contribution in [1.82, 2.24) is 9.97 Å². The molecule has 1 N–H and O–H groups in total. The number of benzene rings is 1. The molecule has 0 bridgehead atoms. The zero-order valence-electron chi connectivity index (χ0n) is 13.6. The highest BCUT2D eigenvalue weighted by Gasteiger charge is 2.14. The fourth-order valence-electron chi connectivity index (χ4n) is 3.21. The first-order valence-electron chi connectivity index (χ1n) is 8.59. The van der Waals surface area contributed by atoms with Gasteiger partial charge in [-0.3, -0.25) is 4.98 Å². The molecule has 0 saturated heterocycles. The fourth-order valence-corrected chi connectivity index (χ4v) is 3.21. The Labute approximate surface area is 141 Å². The van der Waals surface area contributed by atoms with E-state index in [0.717, 1.165) is 35.1 Å². The number of fused-ring (bicyclic) bond motifs is 1. The molecule has 0 atom stereocenters. The molecule has 1 saturated carbocycles. The van der Waals surface area contributed by atoms with E-state index >= 15 is 0 Å². The highest BCUT2D eigenvalue weighted by Crippen LogP contribution is 2.28. The number of hydrogen-bond acceptors (Lipinski definition) is 5. The van der Waals surface area contributed by atoms with Gasteiger partial charge in [-0.25, -0.2) is 0 Å². The van der Waals surface area contributed by atoms with Crippen LogP contribution in [-0.4, -0.2) is 16.5 Å². The summed E-state index contributed by atoms with van der Waals surface area (Å²) in [5, 5.41) is 3.35. The maximum absolute atomic E-state index is 5.82. The van der Waals surface area contributed by atoms with Gasteiger partial charge >= 0.3 is 0 Å². The van der Waals surface area contributed by atoms with Crippen LogP contribution >= 0.6 is 0 Å². The highest BCUT2D eigenvalue weighted by molar-refractivity contribution is 5.76. The first kappa shape index (κ1) is 15.0. The molecular formula is C19H21N3O2. The van der Waals surface area contributed by atoms with Gasteiger partial charge in [0.25, 0.3) is 6.01 Å². The molecule has 0 amide bonds. The molecule has 0 unspecified atom stereocenters. The van der Waals surface area contributed by atoms with Gasteiger partial charge in [-0.1, -0.05) is 19.3 Å². The maximum atomic E-state index is 5.82. The van der Waals surface area contributed by atoms with Crippen molar-refractivity contribution in [2.45, 2.75) is 32.1 Å². The molecule has 0 aliphatic heterocycles. The minimum absolute atomic E-state index is 0.594. The Kier molecular flexibility index (Phi) is 4.32. The highest BCUT2D eigenvalue weighted by atomic mass is 16.5. The Bertz CT molecular complexity index is 795. The Morgan fingerprint density at radius 3 is 2.71 bits per heavy atom. The van der Waals surface area contributed by atoms with Crippen LogP contribution in [0.2, 0.25) is 0 Å². The molecule has 4 rings (SSSR count). The van der Waals surface area contributed by atoms with Crippen LogP contribution in [0.4, 0.5) is 6.01 Å². The predicted molar refractivity (Wildman–Crippen MR) is 93.4 cm³/mol. The second kappa shape index (κ2) is 6.91. The quantitative estimate of drug-likeness (QED) is 0.715. The van der Waals surface area contributed by atoms with Crippen LogP contribution in [0, 0.1) is 5.92 Å². The summed E-state index contributed by atoms with van der Waals surface area (Å²) < 4.78 is 11.6. The zero-order chi connectivity index (χ0) is 16.2. The average molecular weight is 323 g/mol. The molecule has 3 aromatic rings. The number of rotatable bonds is 5. The molecule has 0 spiro atoms. The van der Waals surface area contributed by atoms with E-state index in [1.807, 2.05) is 30.3 Å². The molecular weight excluding hydrogens is 302 g/mol. The lowest BCUT2D eigenvalue weighted by Gasteiger charge is -2.21. The molecule has 1 aliphatic carbocycles. The van der Waals surface area contributed by atoms with Crippen LogP contribution in [0.1, 0.15) is 32.1 Å². The SMILES string of the molecule is c1cc(Oc2ccc3nc(NCC4CCCCC4)oc3c2)ccn1. The van der Waals surface area contributed by atoms with Crippen molar-refractivity contribution in [3.05, 3.63) is 42.7 Å². The Hall–Kier alpha value is -2.56. The summed E-state index contributed by atoms with van der Waals surface area (Å²) in [7, 11) is 0. The summed E-state index contributed by atoms with van der Waals surface area (Å²) in [5.74, 6) is 2.21. The Morgan fingerprint density at radius 1 is 1.04 bits per heavy atom. The van der Waals surface area contributed by atoms with Crippen LogP contribution in [0.5, 0.6) is 11.5 Å². The van der Waals surface area contributed by atoms with Crippen LogP contribution in [0.3, 0.4) is 0 Å². The molecule has 0 radical (unpaired) electrons. The summed E-state index contributed by atoms with van der Waals surface area (Å²) in [4.78, 5) is 8.48. The molecule has 2 heterocycles. The Morgan fingerprint density at radius 2 is 1.88 bits per heavy atom. The smallest absolute Gasteiger partial charge is 0.295 e. The van der Waals surface area contributed by atoms with E-state index in [-0.39, 0.29) is 0 Å². The van der Waals surface area contributed by atoms with E-state index in [9.17, 15) is 0 Å². The minimum atomic E-state index is 0.594. The van der Waals surface area contributed by atoms with Crippen molar-refractivity contribution < 1.29 is 9.15 Å². The first-order valence-corrected chi connectivity index (χ1v) is 8.59. The lowest BCUT2D eigenvalue weighted by atomic mass is 9.89. The van der Waals surface area contributed by atoms with Gasteiger partial charge in [0.05, 0.1) is 0 Å². The molecule has 1 aliphatic rings. The number of anilines is 1. The van der Waals surface area contributed by atoms with Crippen LogP contribution in [0.25, 0.3) is 11.1 Å². The topological polar surface area (TPSA) is 60.2 Å². The van der Waals surface area contributed by atoms with Crippen LogP contribution < -0.4 is 10.1 Å². The number of nitrogens with zero attached hydrogens (tertiary/aromatic N) is 2. The molecule has 5 heteroatoms. The number of ether oxygens (including phenoxy) is 1. The van der Waals surface area contributed by atoms with E-state index in [2.05, 4.69) is 15.3 Å². The van der Waals surface area contributed by atoms with Crippen molar-refractivity contribution in [2.75, 3.05) is 11.9 Å². The van der Waals surface area contributed by atoms with E-state index in [1.54, 1.807) is 12.4 Å². The van der Waals surface area contributed by atoms with Gasteiger partial charge in [0, 0.05) is 25.0 Å². The Balaban J connectivity index is 1.44. The van der Waals surface area contributed by atoms with Gasteiger partial charge in [0.15, 0.2) is 5.58 Å². The number of oxazole rings is 1. The summed E-state index contributed by atoms with van der Waals surface area (Å²) >= 11 is 0. The van der Waals surface area contributed by atoms with E-state index in [0.29, 0.717) is 6.01 Å². The molecule has 24 heavy (non-hydrogen) atoms. The summed E-state index contributed by atoms with van der Waals surface area (Å²) in [5.41, 5.74) is 1.57. The van der Waals surface area contributed by atoms with Gasteiger partial charge < -0.3 is 14.5 Å². The number of hydrogen-bond donors (Lipinski definition) is 1. The van der Waals surface area contributed by atoms with Crippen molar-refractivity contribution >= 4 is 17.1 Å². The van der Waals surface area contributed by atoms with Crippen molar-refractivity contribution in [3.8, 4) is 11.5 Å². The summed E-state index contributed by atoms with van der Waals surface area (Å²) in [6.45, 7) is 0.938. The lowest BCUT2D eigenvalue weighted by molar-refractivity contribution is 0.371.